The van der Waals surface area contributed by atoms with E-state index in [1.54, 1.807) is 6.20 Å². The molecule has 0 aliphatic rings. The highest BCUT2D eigenvalue weighted by molar-refractivity contribution is 5.69. The largest absolute Gasteiger partial charge is 0.461 e. The van der Waals surface area contributed by atoms with Crippen molar-refractivity contribution in [1.82, 2.24) is 10.2 Å². The van der Waals surface area contributed by atoms with E-state index >= 15 is 0 Å². The van der Waals surface area contributed by atoms with Gasteiger partial charge in [0.15, 0.2) is 0 Å². The molecule has 1 heterocycles. The molecule has 2 rings (SSSR count). The van der Waals surface area contributed by atoms with Gasteiger partial charge in [0.05, 0.1) is 5.69 Å². The highest BCUT2D eigenvalue weighted by atomic mass is 16.5. The number of ether oxygens (including phenoxy) is 1. The zero-order valence-corrected chi connectivity index (χ0v) is 10.7. The first-order chi connectivity index (χ1) is 9.34. The molecule has 19 heavy (non-hydrogen) atoms. The molecule has 0 bridgehead atoms. The lowest BCUT2D eigenvalue weighted by molar-refractivity contribution is -0.145. The van der Waals surface area contributed by atoms with E-state index in [0.29, 0.717) is 13.0 Å². The third kappa shape index (κ3) is 4.87. The Morgan fingerprint density at radius 2 is 1.95 bits per heavy atom. The number of aromatic nitrogens is 2. The van der Waals surface area contributed by atoms with Crippen LogP contribution in [-0.2, 0) is 22.6 Å². The number of hydrogen-bond acceptors (Lipinski definition) is 4. The van der Waals surface area contributed by atoms with Gasteiger partial charge in [-0.3, -0.25) is 4.79 Å². The first-order valence-electron chi connectivity index (χ1n) is 6.31. The second kappa shape index (κ2) is 7.26. The third-order valence-electron chi connectivity index (χ3n) is 2.68. The van der Waals surface area contributed by atoms with Crippen LogP contribution in [0.4, 0.5) is 0 Å². The summed E-state index contributed by atoms with van der Waals surface area (Å²) in [6.07, 6.45) is 3.52. The maximum absolute atomic E-state index is 11.5. The SMILES string of the molecule is O=C(CCCc1cccnn1)OCc1ccccc1. The molecule has 0 N–H and O–H groups in total. The highest BCUT2D eigenvalue weighted by Gasteiger charge is 2.04. The number of aryl methyl sites for hydroxylation is 1. The van der Waals surface area contributed by atoms with Gasteiger partial charge in [0.1, 0.15) is 6.61 Å². The average molecular weight is 256 g/mol. The zero-order chi connectivity index (χ0) is 13.3. The molecule has 2 aromatic rings. The minimum absolute atomic E-state index is 0.173. The van der Waals surface area contributed by atoms with Crippen LogP contribution in [0.1, 0.15) is 24.1 Å². The number of hydrogen-bond donors (Lipinski definition) is 0. The molecule has 0 unspecified atom stereocenters. The lowest BCUT2D eigenvalue weighted by Crippen LogP contribution is -2.05. The fourth-order valence-electron chi connectivity index (χ4n) is 1.69. The van der Waals surface area contributed by atoms with Crippen molar-refractivity contribution < 1.29 is 9.53 Å². The van der Waals surface area contributed by atoms with E-state index < -0.39 is 0 Å². The fourth-order valence-corrected chi connectivity index (χ4v) is 1.69. The standard InChI is InChI=1S/C15H16N2O2/c18-15(19-12-13-6-2-1-3-7-13)10-4-8-14-9-5-11-16-17-14/h1-3,5-7,9,11H,4,8,10,12H2. The predicted molar refractivity (Wildman–Crippen MR) is 71.2 cm³/mol. The number of nitrogens with zero attached hydrogens (tertiary/aromatic N) is 2. The lowest BCUT2D eigenvalue weighted by atomic mass is 10.2. The molecule has 1 aromatic carbocycles. The molecular formula is C15H16N2O2. The molecule has 0 aliphatic heterocycles. The van der Waals surface area contributed by atoms with Gasteiger partial charge in [-0.1, -0.05) is 30.3 Å². The Bertz CT molecular complexity index is 500. The highest BCUT2D eigenvalue weighted by Crippen LogP contribution is 2.05. The van der Waals surface area contributed by atoms with Crippen LogP contribution in [0.5, 0.6) is 0 Å². The van der Waals surface area contributed by atoms with Crippen molar-refractivity contribution in [2.75, 3.05) is 0 Å². The predicted octanol–water partition coefficient (Wildman–Crippen LogP) is 2.54. The van der Waals surface area contributed by atoms with Crippen LogP contribution < -0.4 is 0 Å². The van der Waals surface area contributed by atoms with Crippen LogP contribution in [-0.4, -0.2) is 16.2 Å². The molecule has 0 aliphatic carbocycles. The molecule has 4 nitrogen and oxygen atoms in total. The van der Waals surface area contributed by atoms with Gasteiger partial charge in [0, 0.05) is 12.6 Å². The van der Waals surface area contributed by atoms with Gasteiger partial charge < -0.3 is 4.74 Å². The Balaban J connectivity index is 1.65. The van der Waals surface area contributed by atoms with Gasteiger partial charge in [-0.2, -0.15) is 10.2 Å². The third-order valence-corrected chi connectivity index (χ3v) is 2.68. The first-order valence-corrected chi connectivity index (χ1v) is 6.31. The normalized spacial score (nSPS) is 10.1. The molecule has 1 aromatic heterocycles. The monoisotopic (exact) mass is 256 g/mol. The molecule has 0 radical (unpaired) electrons. The second-order valence-corrected chi connectivity index (χ2v) is 4.21. The molecule has 0 amide bonds. The van der Waals surface area contributed by atoms with Crippen LogP contribution in [0, 0.1) is 0 Å². The molecule has 0 spiro atoms. The number of esters is 1. The molecule has 4 heteroatoms. The van der Waals surface area contributed by atoms with E-state index in [9.17, 15) is 4.79 Å². The van der Waals surface area contributed by atoms with Crippen LogP contribution in [0.15, 0.2) is 48.7 Å². The van der Waals surface area contributed by atoms with Crippen molar-refractivity contribution in [3.63, 3.8) is 0 Å². The van der Waals surface area contributed by atoms with Crippen LogP contribution >= 0.6 is 0 Å². The van der Waals surface area contributed by atoms with E-state index in [0.717, 1.165) is 24.1 Å². The zero-order valence-electron chi connectivity index (χ0n) is 10.7. The number of benzene rings is 1. The summed E-state index contributed by atoms with van der Waals surface area (Å²) < 4.78 is 5.19. The van der Waals surface area contributed by atoms with E-state index in [4.69, 9.17) is 4.74 Å². The Morgan fingerprint density at radius 1 is 1.11 bits per heavy atom. The number of rotatable bonds is 6. The topological polar surface area (TPSA) is 52.1 Å². The summed E-state index contributed by atoms with van der Waals surface area (Å²) in [6, 6.07) is 13.4. The van der Waals surface area contributed by atoms with Gasteiger partial charge >= 0.3 is 5.97 Å². The van der Waals surface area contributed by atoms with Gasteiger partial charge in [0.25, 0.3) is 0 Å². The summed E-state index contributed by atoms with van der Waals surface area (Å²) in [5, 5.41) is 7.76. The Kier molecular flexibility index (Phi) is 5.05. The van der Waals surface area contributed by atoms with Gasteiger partial charge in [-0.05, 0) is 30.5 Å². The van der Waals surface area contributed by atoms with E-state index in [2.05, 4.69) is 10.2 Å². The van der Waals surface area contributed by atoms with Crippen molar-refractivity contribution in [1.29, 1.82) is 0 Å². The van der Waals surface area contributed by atoms with E-state index in [1.807, 2.05) is 42.5 Å². The quantitative estimate of drug-likeness (QED) is 0.745. The van der Waals surface area contributed by atoms with Crippen molar-refractivity contribution >= 4 is 5.97 Å². The Morgan fingerprint density at radius 3 is 2.68 bits per heavy atom. The summed E-state index contributed by atoms with van der Waals surface area (Å²) in [5.41, 5.74) is 1.91. The summed E-state index contributed by atoms with van der Waals surface area (Å²) in [5.74, 6) is -0.173. The fraction of sp³-hybridized carbons (Fsp3) is 0.267. The van der Waals surface area contributed by atoms with Crippen molar-refractivity contribution in [2.45, 2.75) is 25.9 Å². The summed E-state index contributed by atoms with van der Waals surface area (Å²) in [7, 11) is 0. The van der Waals surface area contributed by atoms with Gasteiger partial charge in [-0.25, -0.2) is 0 Å². The first kappa shape index (κ1) is 13.2. The Hall–Kier alpha value is -2.23. The van der Waals surface area contributed by atoms with Crippen molar-refractivity contribution in [2.24, 2.45) is 0 Å². The summed E-state index contributed by atoms with van der Waals surface area (Å²) >= 11 is 0. The average Bonchev–Trinajstić information content (AvgIpc) is 2.47. The molecule has 0 fully saturated rings. The van der Waals surface area contributed by atoms with E-state index in [-0.39, 0.29) is 5.97 Å². The number of carbonyl (C=O) groups excluding carboxylic acids is 1. The van der Waals surface area contributed by atoms with Crippen molar-refractivity contribution in [3.8, 4) is 0 Å². The van der Waals surface area contributed by atoms with Crippen molar-refractivity contribution in [3.05, 3.63) is 59.9 Å². The summed E-state index contributed by atoms with van der Waals surface area (Å²) in [6.45, 7) is 0.338. The van der Waals surface area contributed by atoms with Crippen LogP contribution in [0.25, 0.3) is 0 Å². The minimum Gasteiger partial charge on any atom is -0.461 e. The second-order valence-electron chi connectivity index (χ2n) is 4.21. The molecule has 98 valence electrons. The molecule has 0 saturated heterocycles. The van der Waals surface area contributed by atoms with Gasteiger partial charge in [-0.15, -0.1) is 0 Å². The lowest BCUT2D eigenvalue weighted by Gasteiger charge is -2.04. The molecule has 0 atom stereocenters. The maximum atomic E-state index is 11.5. The smallest absolute Gasteiger partial charge is 0.306 e. The summed E-state index contributed by atoms with van der Waals surface area (Å²) in [4.78, 5) is 11.5. The number of carbonyl (C=O) groups is 1. The Labute approximate surface area is 112 Å². The van der Waals surface area contributed by atoms with Gasteiger partial charge in [0.2, 0.25) is 0 Å². The van der Waals surface area contributed by atoms with Crippen LogP contribution in [0.2, 0.25) is 0 Å². The minimum atomic E-state index is -0.173. The van der Waals surface area contributed by atoms with Crippen LogP contribution in [0.3, 0.4) is 0 Å². The van der Waals surface area contributed by atoms with E-state index in [1.165, 1.54) is 0 Å². The molecular weight excluding hydrogens is 240 g/mol. The molecule has 0 saturated carbocycles. The maximum Gasteiger partial charge on any atom is 0.306 e.